The Morgan fingerprint density at radius 3 is 2.48 bits per heavy atom. The summed E-state index contributed by atoms with van der Waals surface area (Å²) in [6, 6.07) is 15.3. The molecule has 2 rings (SSSR count). The van der Waals surface area contributed by atoms with Crippen molar-refractivity contribution in [2.75, 3.05) is 18.4 Å². The lowest BCUT2D eigenvalue weighted by Crippen LogP contribution is -2.31. The molecule has 5 N–H and O–H groups in total. The van der Waals surface area contributed by atoms with Crippen LogP contribution < -0.4 is 15.8 Å². The minimum absolute atomic E-state index is 0.00183. The van der Waals surface area contributed by atoms with E-state index in [1.807, 2.05) is 25.1 Å². The second-order valence-corrected chi connectivity index (χ2v) is 8.21. The number of anilines is 1. The molecule has 2 unspecified atom stereocenters. The van der Waals surface area contributed by atoms with E-state index in [0.717, 1.165) is 12.8 Å². The van der Waals surface area contributed by atoms with Gasteiger partial charge in [0.05, 0.1) is 11.8 Å². The number of primary sulfonamides is 1. The normalized spacial score (nSPS) is 13.9. The number of sulfonamides is 1. The van der Waals surface area contributed by atoms with Gasteiger partial charge in [-0.1, -0.05) is 36.4 Å². The second-order valence-electron chi connectivity index (χ2n) is 6.68. The van der Waals surface area contributed by atoms with Crippen molar-refractivity contribution in [3.8, 4) is 0 Å². The Balaban J connectivity index is 1.95. The van der Waals surface area contributed by atoms with E-state index in [0.29, 0.717) is 24.3 Å². The molecule has 0 bridgehead atoms. The van der Waals surface area contributed by atoms with E-state index in [1.54, 1.807) is 12.1 Å². The van der Waals surface area contributed by atoms with E-state index in [4.69, 9.17) is 5.14 Å². The molecule has 0 saturated carbocycles. The predicted molar refractivity (Wildman–Crippen MR) is 109 cm³/mol. The van der Waals surface area contributed by atoms with Crippen LogP contribution in [0.15, 0.2) is 53.4 Å². The summed E-state index contributed by atoms with van der Waals surface area (Å²) in [6.07, 6.45) is 1.08. The van der Waals surface area contributed by atoms with Crippen molar-refractivity contribution in [3.05, 3.63) is 59.7 Å². The van der Waals surface area contributed by atoms with Crippen LogP contribution >= 0.6 is 0 Å². The number of rotatable bonds is 10. The van der Waals surface area contributed by atoms with Crippen LogP contribution in [0.2, 0.25) is 0 Å². The van der Waals surface area contributed by atoms with Crippen LogP contribution in [0.5, 0.6) is 0 Å². The number of hydrogen-bond acceptors (Lipinski definition) is 5. The Hall–Kier alpha value is -1.93. The predicted octanol–water partition coefficient (Wildman–Crippen LogP) is 2.41. The molecule has 0 amide bonds. The molecular weight excluding hydrogens is 362 g/mol. The van der Waals surface area contributed by atoms with E-state index in [2.05, 4.69) is 29.7 Å². The largest absolute Gasteiger partial charge is 0.387 e. The fourth-order valence-corrected chi connectivity index (χ4v) is 3.63. The second kappa shape index (κ2) is 9.85. The maximum atomic E-state index is 11.8. The van der Waals surface area contributed by atoms with Crippen molar-refractivity contribution in [3.63, 3.8) is 0 Å². The molecule has 0 radical (unpaired) electrons. The van der Waals surface area contributed by atoms with E-state index >= 15 is 0 Å². The van der Waals surface area contributed by atoms with Gasteiger partial charge < -0.3 is 15.7 Å². The summed E-state index contributed by atoms with van der Waals surface area (Å²) in [5, 5.41) is 22.0. The average molecular weight is 392 g/mol. The number of aryl methyl sites for hydroxylation is 1. The lowest BCUT2D eigenvalue weighted by molar-refractivity contribution is 0.170. The third-order valence-electron chi connectivity index (χ3n) is 4.43. The van der Waals surface area contributed by atoms with Gasteiger partial charge in [0, 0.05) is 19.1 Å². The summed E-state index contributed by atoms with van der Waals surface area (Å²) >= 11 is 0. The molecule has 0 fully saturated rings. The van der Waals surface area contributed by atoms with Crippen molar-refractivity contribution >= 4 is 15.7 Å². The van der Waals surface area contributed by atoms with Gasteiger partial charge in [0.2, 0.25) is 10.0 Å². The molecule has 2 aromatic rings. The summed E-state index contributed by atoms with van der Waals surface area (Å²) in [5.41, 5.74) is 2.24. The molecule has 0 aliphatic carbocycles. The first kappa shape index (κ1) is 21.4. The number of nitrogens with two attached hydrogens (primary N) is 1. The zero-order valence-electron chi connectivity index (χ0n) is 15.9. The van der Waals surface area contributed by atoms with E-state index in [1.165, 1.54) is 11.6 Å². The first-order chi connectivity index (χ1) is 12.8. The fourth-order valence-electron chi connectivity index (χ4n) is 2.88. The number of nitrogens with one attached hydrogen (secondary N) is 2. The van der Waals surface area contributed by atoms with E-state index in [-0.39, 0.29) is 10.9 Å². The summed E-state index contributed by atoms with van der Waals surface area (Å²) in [6.45, 7) is 4.85. The van der Waals surface area contributed by atoms with Crippen LogP contribution in [-0.2, 0) is 16.4 Å². The number of hydrogen-bond donors (Lipinski definition) is 4. The Morgan fingerprint density at radius 1 is 1.15 bits per heavy atom. The molecular formula is C20H29N3O3S. The van der Waals surface area contributed by atoms with Crippen molar-refractivity contribution < 1.29 is 13.5 Å². The van der Waals surface area contributed by atoms with Gasteiger partial charge in [-0.2, -0.15) is 0 Å². The summed E-state index contributed by atoms with van der Waals surface area (Å²) in [4.78, 5) is -0.00183. The molecule has 0 aromatic heterocycles. The summed E-state index contributed by atoms with van der Waals surface area (Å²) in [5.74, 6) is 0. The fraction of sp³-hybridized carbons (Fsp3) is 0.400. The number of benzene rings is 2. The lowest BCUT2D eigenvalue weighted by Gasteiger charge is -2.19. The van der Waals surface area contributed by atoms with Crippen molar-refractivity contribution in [1.29, 1.82) is 0 Å². The van der Waals surface area contributed by atoms with Gasteiger partial charge in [-0.25, -0.2) is 13.6 Å². The van der Waals surface area contributed by atoms with Gasteiger partial charge in [-0.3, -0.25) is 0 Å². The molecule has 0 saturated heterocycles. The summed E-state index contributed by atoms with van der Waals surface area (Å²) in [7, 11) is -3.88. The van der Waals surface area contributed by atoms with E-state index < -0.39 is 16.1 Å². The quantitative estimate of drug-likeness (QED) is 0.498. The van der Waals surface area contributed by atoms with Crippen LogP contribution in [0, 0.1) is 0 Å². The Kier molecular flexibility index (Phi) is 7.79. The third kappa shape index (κ3) is 6.62. The molecule has 2 aromatic carbocycles. The molecule has 2 atom stereocenters. The zero-order valence-corrected chi connectivity index (χ0v) is 16.7. The number of aliphatic hydroxyl groups is 1. The molecule has 7 heteroatoms. The summed E-state index contributed by atoms with van der Waals surface area (Å²) < 4.78 is 23.7. The lowest BCUT2D eigenvalue weighted by atomic mass is 10.1. The highest BCUT2D eigenvalue weighted by Crippen LogP contribution is 2.25. The molecule has 6 nitrogen and oxygen atoms in total. The van der Waals surface area contributed by atoms with Gasteiger partial charge in [0.1, 0.15) is 4.90 Å². The molecule has 148 valence electrons. The van der Waals surface area contributed by atoms with Crippen molar-refractivity contribution in [2.24, 2.45) is 5.14 Å². The number of aliphatic hydroxyl groups excluding tert-OH is 1. The van der Waals surface area contributed by atoms with Crippen molar-refractivity contribution in [1.82, 2.24) is 5.32 Å². The minimum atomic E-state index is -3.88. The Labute approximate surface area is 161 Å². The third-order valence-corrected chi connectivity index (χ3v) is 5.38. The first-order valence-corrected chi connectivity index (χ1v) is 10.7. The van der Waals surface area contributed by atoms with Crippen LogP contribution in [0.4, 0.5) is 5.69 Å². The topological polar surface area (TPSA) is 104 Å². The van der Waals surface area contributed by atoms with Gasteiger partial charge in [-0.15, -0.1) is 0 Å². The highest BCUT2D eigenvalue weighted by Gasteiger charge is 2.18. The Bertz CT molecular complexity index is 826. The van der Waals surface area contributed by atoms with Crippen LogP contribution in [0.25, 0.3) is 0 Å². The van der Waals surface area contributed by atoms with Crippen LogP contribution in [0.3, 0.4) is 0 Å². The maximum Gasteiger partial charge on any atom is 0.240 e. The van der Waals surface area contributed by atoms with Gasteiger partial charge >= 0.3 is 0 Å². The molecule has 0 aliphatic rings. The minimum Gasteiger partial charge on any atom is -0.387 e. The maximum absolute atomic E-state index is 11.8. The zero-order chi connectivity index (χ0) is 19.9. The molecule has 27 heavy (non-hydrogen) atoms. The monoisotopic (exact) mass is 391 g/mol. The standard InChI is InChI=1S/C20H29N3O3S/c1-3-22-18-12-11-17(13-20(18)27(21,25)26)19(24)14-23-15(2)9-10-16-7-5-4-6-8-16/h4-8,11-13,15,19,22-24H,3,9-10,14H2,1-2H3,(H2,21,25,26). The van der Waals surface area contributed by atoms with Gasteiger partial charge in [0.25, 0.3) is 0 Å². The van der Waals surface area contributed by atoms with Crippen molar-refractivity contribution in [2.45, 2.75) is 43.7 Å². The van der Waals surface area contributed by atoms with Gasteiger partial charge in [-0.05, 0) is 49.9 Å². The molecule has 0 aliphatic heterocycles. The smallest absolute Gasteiger partial charge is 0.240 e. The average Bonchev–Trinajstić information content (AvgIpc) is 2.65. The van der Waals surface area contributed by atoms with Crippen LogP contribution in [-0.4, -0.2) is 32.7 Å². The van der Waals surface area contributed by atoms with E-state index in [9.17, 15) is 13.5 Å². The van der Waals surface area contributed by atoms with Gasteiger partial charge in [0.15, 0.2) is 0 Å². The Morgan fingerprint density at radius 2 is 1.85 bits per heavy atom. The highest BCUT2D eigenvalue weighted by atomic mass is 32.2. The molecule has 0 spiro atoms. The highest BCUT2D eigenvalue weighted by molar-refractivity contribution is 7.89. The SMILES string of the molecule is CCNc1ccc(C(O)CNC(C)CCc2ccccc2)cc1S(N)(=O)=O. The molecule has 0 heterocycles. The first-order valence-electron chi connectivity index (χ1n) is 9.17. The van der Waals surface area contributed by atoms with Crippen LogP contribution in [0.1, 0.15) is 37.5 Å².